The summed E-state index contributed by atoms with van der Waals surface area (Å²) >= 11 is 3.31. The Kier molecular flexibility index (Phi) is 3.69. The minimum atomic E-state index is -0.142. The summed E-state index contributed by atoms with van der Waals surface area (Å²) in [5, 5.41) is 9.85. The minimum Gasteiger partial charge on any atom is -0.507 e. The largest absolute Gasteiger partial charge is 0.507 e. The van der Waals surface area contributed by atoms with Crippen LogP contribution in [0, 0.1) is 0 Å². The molecule has 1 rings (SSSR count). The van der Waals surface area contributed by atoms with Crippen molar-refractivity contribution < 1.29 is 9.90 Å². The quantitative estimate of drug-likeness (QED) is 0.673. The lowest BCUT2D eigenvalue weighted by Crippen LogP contribution is -1.97. The van der Waals surface area contributed by atoms with Crippen molar-refractivity contribution in [1.29, 1.82) is 0 Å². The van der Waals surface area contributed by atoms with Crippen LogP contribution in [0.15, 0.2) is 28.8 Å². The maximum atomic E-state index is 11.3. The summed E-state index contributed by atoms with van der Waals surface area (Å²) in [6.07, 6.45) is 0.575. The molecule has 1 aromatic carbocycles. The average molecular weight is 269 g/mol. The van der Waals surface area contributed by atoms with Crippen molar-refractivity contribution in [3.63, 3.8) is 0 Å². The monoisotopic (exact) mass is 268 g/mol. The lowest BCUT2D eigenvalue weighted by molar-refractivity contribution is 0.101. The highest BCUT2D eigenvalue weighted by Crippen LogP contribution is 2.29. The number of carbonyl (C=O) groups is 1. The van der Waals surface area contributed by atoms with Crippen molar-refractivity contribution in [2.75, 3.05) is 0 Å². The van der Waals surface area contributed by atoms with Gasteiger partial charge in [0.15, 0.2) is 5.78 Å². The zero-order valence-electron chi connectivity index (χ0n) is 8.80. The van der Waals surface area contributed by atoms with Gasteiger partial charge in [-0.25, -0.2) is 0 Å². The lowest BCUT2D eigenvalue weighted by Gasteiger charge is -2.08. The van der Waals surface area contributed by atoms with E-state index in [1.165, 1.54) is 6.92 Å². The van der Waals surface area contributed by atoms with Crippen LogP contribution in [0.1, 0.15) is 29.8 Å². The number of aromatic hydroxyl groups is 1. The van der Waals surface area contributed by atoms with Gasteiger partial charge in [-0.1, -0.05) is 28.1 Å². The summed E-state index contributed by atoms with van der Waals surface area (Å²) in [6.45, 7) is 7.10. The molecule has 0 radical (unpaired) electrons. The van der Waals surface area contributed by atoms with E-state index in [0.29, 0.717) is 12.0 Å². The second-order valence-corrected chi connectivity index (χ2v) is 4.57. The molecule has 15 heavy (non-hydrogen) atoms. The van der Waals surface area contributed by atoms with Crippen molar-refractivity contribution in [2.24, 2.45) is 0 Å². The number of hydrogen-bond acceptors (Lipinski definition) is 2. The first kappa shape index (κ1) is 12.0. The van der Waals surface area contributed by atoms with Crippen molar-refractivity contribution in [3.8, 4) is 5.75 Å². The number of hydrogen-bond donors (Lipinski definition) is 1. The highest BCUT2D eigenvalue weighted by Gasteiger charge is 2.12. The molecule has 2 nitrogen and oxygen atoms in total. The molecule has 0 aromatic heterocycles. The number of allylic oxidation sites excluding steroid dienone is 1. The Morgan fingerprint density at radius 2 is 2.07 bits per heavy atom. The number of phenols is 1. The van der Waals surface area contributed by atoms with E-state index in [2.05, 4.69) is 22.5 Å². The summed E-state index contributed by atoms with van der Waals surface area (Å²) in [4.78, 5) is 11.3. The number of phenolic OH excluding ortho intramolecular Hbond substituents is 1. The van der Waals surface area contributed by atoms with E-state index < -0.39 is 0 Å². The normalized spacial score (nSPS) is 10.1. The molecule has 0 aliphatic rings. The Labute approximate surface area is 97.8 Å². The molecule has 1 aromatic rings. The minimum absolute atomic E-state index is 0.0636. The third-order valence-corrected chi connectivity index (χ3v) is 2.48. The van der Waals surface area contributed by atoms with Gasteiger partial charge in [-0.15, -0.1) is 0 Å². The molecule has 3 heteroatoms. The van der Waals surface area contributed by atoms with Crippen LogP contribution in [-0.2, 0) is 6.42 Å². The molecule has 0 spiro atoms. The smallest absolute Gasteiger partial charge is 0.163 e. The van der Waals surface area contributed by atoms with Gasteiger partial charge in [0.05, 0.1) is 5.56 Å². The molecule has 0 amide bonds. The maximum absolute atomic E-state index is 11.3. The lowest BCUT2D eigenvalue weighted by atomic mass is 10.0. The zero-order chi connectivity index (χ0) is 11.6. The molecule has 0 saturated heterocycles. The van der Waals surface area contributed by atoms with Gasteiger partial charge in [-0.3, -0.25) is 4.79 Å². The third kappa shape index (κ3) is 2.93. The Morgan fingerprint density at radius 1 is 1.47 bits per heavy atom. The Morgan fingerprint density at radius 3 is 2.53 bits per heavy atom. The van der Waals surface area contributed by atoms with E-state index in [-0.39, 0.29) is 11.5 Å². The summed E-state index contributed by atoms with van der Waals surface area (Å²) in [5.41, 5.74) is 2.01. The van der Waals surface area contributed by atoms with E-state index in [1.807, 2.05) is 6.92 Å². The molecule has 0 aliphatic carbocycles. The average Bonchev–Trinajstić information content (AvgIpc) is 2.09. The highest BCUT2D eigenvalue weighted by molar-refractivity contribution is 9.10. The number of benzene rings is 1. The van der Waals surface area contributed by atoms with Gasteiger partial charge < -0.3 is 5.11 Å². The molecule has 80 valence electrons. The molecule has 0 fully saturated rings. The van der Waals surface area contributed by atoms with Crippen LogP contribution < -0.4 is 0 Å². The number of carbonyl (C=O) groups excluding carboxylic acids is 1. The number of rotatable bonds is 3. The van der Waals surface area contributed by atoms with E-state index in [1.54, 1.807) is 12.1 Å². The van der Waals surface area contributed by atoms with Gasteiger partial charge in [0, 0.05) is 4.47 Å². The zero-order valence-corrected chi connectivity index (χ0v) is 10.4. The summed E-state index contributed by atoms with van der Waals surface area (Å²) in [7, 11) is 0. The third-order valence-electron chi connectivity index (χ3n) is 2.03. The van der Waals surface area contributed by atoms with E-state index in [4.69, 9.17) is 0 Å². The van der Waals surface area contributed by atoms with Gasteiger partial charge in [0.2, 0.25) is 0 Å². The van der Waals surface area contributed by atoms with Gasteiger partial charge >= 0.3 is 0 Å². The SMILES string of the molecule is C=C(C)Cc1cc(Br)cc(C(C)=O)c1O. The van der Waals surface area contributed by atoms with Crippen molar-refractivity contribution >= 4 is 21.7 Å². The Bertz CT molecular complexity index is 422. The van der Waals surface area contributed by atoms with Gasteiger partial charge in [0.25, 0.3) is 0 Å². The molecule has 0 unspecified atom stereocenters. The topological polar surface area (TPSA) is 37.3 Å². The molecule has 0 atom stereocenters. The van der Waals surface area contributed by atoms with Crippen LogP contribution in [0.25, 0.3) is 0 Å². The van der Waals surface area contributed by atoms with Crippen LogP contribution >= 0.6 is 15.9 Å². The van der Waals surface area contributed by atoms with Crippen LogP contribution in [0.4, 0.5) is 0 Å². The predicted molar refractivity (Wildman–Crippen MR) is 64.3 cm³/mol. The Hall–Kier alpha value is -1.09. The maximum Gasteiger partial charge on any atom is 0.163 e. The number of ketones is 1. The molecule has 0 heterocycles. The van der Waals surface area contributed by atoms with Crippen molar-refractivity contribution in [3.05, 3.63) is 39.9 Å². The summed E-state index contributed by atoms with van der Waals surface area (Å²) in [5.74, 6) is -0.0783. The van der Waals surface area contributed by atoms with Crippen LogP contribution in [-0.4, -0.2) is 10.9 Å². The first-order valence-corrected chi connectivity index (χ1v) is 5.38. The van der Waals surface area contributed by atoms with E-state index >= 15 is 0 Å². The first-order valence-electron chi connectivity index (χ1n) is 4.58. The fourth-order valence-corrected chi connectivity index (χ4v) is 1.89. The fraction of sp³-hybridized carbons (Fsp3) is 0.250. The van der Waals surface area contributed by atoms with Crippen LogP contribution in [0.5, 0.6) is 5.75 Å². The molecule has 1 N–H and O–H groups in total. The standard InChI is InChI=1S/C12H13BrO2/c1-7(2)4-9-5-10(13)6-11(8(3)14)12(9)15/h5-6,15H,1,4H2,2-3H3. The molecule has 0 aliphatic heterocycles. The van der Waals surface area contributed by atoms with Gasteiger partial charge in [-0.05, 0) is 38.0 Å². The number of halogens is 1. The molecular weight excluding hydrogens is 256 g/mol. The first-order chi connectivity index (χ1) is 6.91. The molecule has 0 saturated carbocycles. The van der Waals surface area contributed by atoms with E-state index in [0.717, 1.165) is 15.6 Å². The van der Waals surface area contributed by atoms with E-state index in [9.17, 15) is 9.90 Å². The molecule has 0 bridgehead atoms. The second-order valence-electron chi connectivity index (χ2n) is 3.65. The van der Waals surface area contributed by atoms with Crippen LogP contribution in [0.3, 0.4) is 0 Å². The Balaban J connectivity index is 3.28. The summed E-state index contributed by atoms with van der Waals surface area (Å²) in [6, 6.07) is 3.43. The predicted octanol–water partition coefficient (Wildman–Crippen LogP) is 3.48. The van der Waals surface area contributed by atoms with Gasteiger partial charge in [0.1, 0.15) is 5.75 Å². The van der Waals surface area contributed by atoms with Gasteiger partial charge in [-0.2, -0.15) is 0 Å². The van der Waals surface area contributed by atoms with Crippen molar-refractivity contribution in [1.82, 2.24) is 0 Å². The van der Waals surface area contributed by atoms with Crippen LogP contribution in [0.2, 0.25) is 0 Å². The fourth-order valence-electron chi connectivity index (χ4n) is 1.38. The highest BCUT2D eigenvalue weighted by atomic mass is 79.9. The second kappa shape index (κ2) is 4.62. The van der Waals surface area contributed by atoms with Crippen molar-refractivity contribution in [2.45, 2.75) is 20.3 Å². The molecular formula is C12H13BrO2. The summed E-state index contributed by atoms with van der Waals surface area (Å²) < 4.78 is 0.793. The number of Topliss-reactive ketones (excluding diaryl/α,β-unsaturated/α-hetero) is 1.